The van der Waals surface area contributed by atoms with Crippen LogP contribution in [0.5, 0.6) is 0 Å². The molecule has 3 rings (SSSR count). The maximum atomic E-state index is 13.0. The Kier molecular flexibility index (Phi) is 6.43. The van der Waals surface area contributed by atoms with Gasteiger partial charge in [-0.05, 0) is 31.2 Å². The molecule has 1 saturated carbocycles. The van der Waals surface area contributed by atoms with Crippen molar-refractivity contribution in [3.05, 3.63) is 35.9 Å². The molecule has 0 aromatic heterocycles. The number of ketones is 1. The first-order valence-electron chi connectivity index (χ1n) is 9.82. The molecule has 0 bridgehead atoms. The molecule has 1 aliphatic heterocycles. The van der Waals surface area contributed by atoms with Crippen molar-refractivity contribution in [3.63, 3.8) is 0 Å². The first-order chi connectivity index (χ1) is 13.7. The van der Waals surface area contributed by atoms with E-state index in [9.17, 15) is 18.0 Å². The largest absolute Gasteiger partial charge is 0.467 e. The highest BCUT2D eigenvalue weighted by Gasteiger charge is 2.56. The minimum absolute atomic E-state index is 0.00173. The fraction of sp³-hybridized carbons (Fsp3) is 0.571. The molecule has 0 amide bonds. The predicted molar refractivity (Wildman–Crippen MR) is 114 cm³/mol. The quantitative estimate of drug-likeness (QED) is 0.456. The third-order valence-corrected chi connectivity index (χ3v) is 8.38. The van der Waals surface area contributed by atoms with Gasteiger partial charge in [0.05, 0.1) is 29.5 Å². The van der Waals surface area contributed by atoms with E-state index in [1.165, 1.54) is 14.0 Å². The molecule has 0 N–H and O–H groups in total. The normalized spacial score (nSPS) is 24.3. The van der Waals surface area contributed by atoms with Crippen molar-refractivity contribution in [2.75, 3.05) is 19.4 Å². The van der Waals surface area contributed by atoms with E-state index < -0.39 is 26.6 Å². The van der Waals surface area contributed by atoms with Crippen molar-refractivity contribution in [2.45, 2.75) is 49.8 Å². The minimum atomic E-state index is -3.39. The van der Waals surface area contributed by atoms with E-state index in [0.717, 1.165) is 18.4 Å². The number of carbonyl (C=O) groups is 2. The number of likely N-dealkylation sites (tertiary alicyclic amines) is 1. The second-order valence-corrected chi connectivity index (χ2v) is 11.0. The molecule has 0 radical (unpaired) electrons. The molecular weight excluding hydrogens is 410 g/mol. The van der Waals surface area contributed by atoms with Crippen LogP contribution in [-0.2, 0) is 30.6 Å². The van der Waals surface area contributed by atoms with Gasteiger partial charge in [0.2, 0.25) is 0 Å². The molecule has 1 aliphatic carbocycles. The number of hydrogen-bond donors (Lipinski definition) is 0. The van der Waals surface area contributed by atoms with Crippen LogP contribution in [0, 0.1) is 5.92 Å². The fourth-order valence-corrected chi connectivity index (χ4v) is 6.75. The molecule has 158 valence electrons. The molecule has 1 saturated heterocycles. The standard InChI is InChI=1S/C21H27NO5S2/c1-15(23)10-19(28)22-13-18(29(25,26)14-17-8-9-17)12-21(22,20(24)27-2)11-16-6-4-3-5-7-16/h3-7,17-18H,8-14H2,1-2H3/t18-,21+/m1/s1. The summed E-state index contributed by atoms with van der Waals surface area (Å²) in [7, 11) is -2.09. The molecule has 1 heterocycles. The highest BCUT2D eigenvalue weighted by atomic mass is 32.2. The van der Waals surface area contributed by atoms with Crippen molar-refractivity contribution >= 4 is 38.8 Å². The summed E-state index contributed by atoms with van der Waals surface area (Å²) in [6.07, 6.45) is 2.25. The van der Waals surface area contributed by atoms with Crippen LogP contribution < -0.4 is 0 Å². The summed E-state index contributed by atoms with van der Waals surface area (Å²) in [4.78, 5) is 26.7. The lowest BCUT2D eigenvalue weighted by molar-refractivity contribution is -0.151. The number of ether oxygens (including phenoxy) is 1. The molecule has 6 nitrogen and oxygen atoms in total. The number of carbonyl (C=O) groups excluding carboxylic acids is 2. The Labute approximate surface area is 177 Å². The Morgan fingerprint density at radius 2 is 1.90 bits per heavy atom. The minimum Gasteiger partial charge on any atom is -0.467 e. The van der Waals surface area contributed by atoms with Crippen molar-refractivity contribution in [2.24, 2.45) is 5.92 Å². The van der Waals surface area contributed by atoms with Gasteiger partial charge < -0.3 is 9.64 Å². The zero-order chi connectivity index (χ0) is 21.2. The summed E-state index contributed by atoms with van der Waals surface area (Å²) in [5.41, 5.74) is -0.349. The van der Waals surface area contributed by atoms with E-state index >= 15 is 0 Å². The van der Waals surface area contributed by atoms with Gasteiger partial charge in [-0.1, -0.05) is 42.5 Å². The summed E-state index contributed by atoms with van der Waals surface area (Å²) in [5, 5.41) is -0.712. The van der Waals surface area contributed by atoms with Crippen molar-refractivity contribution in [1.82, 2.24) is 4.90 Å². The Bertz CT molecular complexity index is 895. The zero-order valence-corrected chi connectivity index (χ0v) is 18.4. The van der Waals surface area contributed by atoms with Gasteiger partial charge in [-0.3, -0.25) is 4.79 Å². The molecule has 1 aromatic rings. The second kappa shape index (κ2) is 8.52. The summed E-state index contributed by atoms with van der Waals surface area (Å²) in [6, 6.07) is 9.40. The van der Waals surface area contributed by atoms with Crippen molar-refractivity contribution in [3.8, 4) is 0 Å². The average Bonchev–Trinajstić information content (AvgIpc) is 3.37. The van der Waals surface area contributed by atoms with Crippen LogP contribution in [0.3, 0.4) is 0 Å². The van der Waals surface area contributed by atoms with E-state index in [-0.39, 0.29) is 43.3 Å². The zero-order valence-electron chi connectivity index (χ0n) is 16.8. The Balaban J connectivity index is 2.00. The van der Waals surface area contributed by atoms with Gasteiger partial charge in [0.25, 0.3) is 0 Å². The van der Waals surface area contributed by atoms with E-state index in [1.54, 1.807) is 4.90 Å². The average molecular weight is 438 g/mol. The van der Waals surface area contributed by atoms with Gasteiger partial charge in [-0.25, -0.2) is 13.2 Å². The molecule has 0 spiro atoms. The third-order valence-electron chi connectivity index (χ3n) is 5.75. The monoisotopic (exact) mass is 437 g/mol. The number of hydrogen-bond acceptors (Lipinski definition) is 6. The van der Waals surface area contributed by atoms with Crippen LogP contribution in [0.2, 0.25) is 0 Å². The Hall–Kier alpha value is -1.80. The second-order valence-electron chi connectivity index (χ2n) is 8.17. The van der Waals surface area contributed by atoms with Gasteiger partial charge in [0, 0.05) is 19.4 Å². The number of benzene rings is 1. The highest BCUT2D eigenvalue weighted by Crippen LogP contribution is 2.40. The first kappa shape index (κ1) is 21.9. The number of thiocarbonyl (C=S) groups is 1. The van der Waals surface area contributed by atoms with E-state index in [2.05, 4.69) is 0 Å². The van der Waals surface area contributed by atoms with Crippen LogP contribution in [0.4, 0.5) is 0 Å². The maximum absolute atomic E-state index is 13.0. The van der Waals surface area contributed by atoms with Gasteiger partial charge >= 0.3 is 5.97 Å². The summed E-state index contributed by atoms with van der Waals surface area (Å²) in [6.45, 7) is 1.55. The Morgan fingerprint density at radius 3 is 2.45 bits per heavy atom. The highest BCUT2D eigenvalue weighted by molar-refractivity contribution is 7.92. The van der Waals surface area contributed by atoms with Crippen molar-refractivity contribution in [1.29, 1.82) is 0 Å². The van der Waals surface area contributed by atoms with E-state index in [4.69, 9.17) is 17.0 Å². The number of nitrogens with zero attached hydrogens (tertiary/aromatic N) is 1. The number of sulfone groups is 1. The van der Waals surface area contributed by atoms with E-state index in [1.807, 2.05) is 30.3 Å². The number of rotatable bonds is 8. The molecular formula is C21H27NO5S2. The SMILES string of the molecule is COC(=O)[C@]1(Cc2ccccc2)C[C@@H](S(=O)(=O)CC2CC2)CN1C(=S)CC(C)=O. The van der Waals surface area contributed by atoms with Crippen LogP contribution in [0.15, 0.2) is 30.3 Å². The predicted octanol–water partition coefficient (Wildman–Crippen LogP) is 2.35. The number of esters is 1. The maximum Gasteiger partial charge on any atom is 0.332 e. The van der Waals surface area contributed by atoms with Crippen LogP contribution in [0.25, 0.3) is 0 Å². The van der Waals surface area contributed by atoms with Crippen molar-refractivity contribution < 1.29 is 22.7 Å². The molecule has 2 aliphatic rings. The van der Waals surface area contributed by atoms with Crippen LogP contribution in [-0.4, -0.2) is 60.3 Å². The lowest BCUT2D eigenvalue weighted by atomic mass is 9.87. The molecule has 0 unspecified atom stereocenters. The van der Waals surface area contributed by atoms with Crippen LogP contribution in [0.1, 0.15) is 38.2 Å². The molecule has 8 heteroatoms. The lowest BCUT2D eigenvalue weighted by Gasteiger charge is -2.37. The fourth-order valence-electron chi connectivity index (χ4n) is 4.13. The molecule has 2 atom stereocenters. The molecule has 2 fully saturated rings. The summed E-state index contributed by atoms with van der Waals surface area (Å²) >= 11 is 5.50. The number of Topliss-reactive ketones (excluding diaryl/α,β-unsaturated/α-hetero) is 1. The summed E-state index contributed by atoms with van der Waals surface area (Å²) < 4.78 is 31.2. The molecule has 29 heavy (non-hydrogen) atoms. The summed E-state index contributed by atoms with van der Waals surface area (Å²) in [5.74, 6) is -0.276. The van der Waals surface area contributed by atoms with Gasteiger partial charge in [-0.15, -0.1) is 0 Å². The van der Waals surface area contributed by atoms with Crippen LogP contribution >= 0.6 is 12.2 Å². The number of methoxy groups -OCH3 is 1. The third kappa shape index (κ3) is 4.86. The van der Waals surface area contributed by atoms with Gasteiger partial charge in [0.1, 0.15) is 11.3 Å². The first-order valence-corrected chi connectivity index (χ1v) is 11.9. The lowest BCUT2D eigenvalue weighted by Crippen LogP contribution is -2.55. The van der Waals surface area contributed by atoms with E-state index in [0.29, 0.717) is 4.99 Å². The Morgan fingerprint density at radius 1 is 1.24 bits per heavy atom. The van der Waals surface area contributed by atoms with Gasteiger partial charge in [-0.2, -0.15) is 0 Å². The smallest absolute Gasteiger partial charge is 0.332 e. The molecule has 1 aromatic carbocycles. The topological polar surface area (TPSA) is 80.8 Å². The van der Waals surface area contributed by atoms with Gasteiger partial charge in [0.15, 0.2) is 9.84 Å².